The van der Waals surface area contributed by atoms with Gasteiger partial charge in [-0.05, 0) is 34.6 Å². The number of amides is 2. The van der Waals surface area contributed by atoms with Crippen LogP contribution in [0.4, 0.5) is 0 Å². The summed E-state index contributed by atoms with van der Waals surface area (Å²) in [6.45, 7) is 10.0. The van der Waals surface area contributed by atoms with Crippen LogP contribution in [-0.4, -0.2) is 48.4 Å². The van der Waals surface area contributed by atoms with Gasteiger partial charge in [-0.2, -0.15) is 0 Å². The first kappa shape index (κ1) is 15.9. The molecule has 17 heavy (non-hydrogen) atoms. The van der Waals surface area contributed by atoms with E-state index in [1.165, 1.54) is 0 Å². The third-order valence-corrected chi connectivity index (χ3v) is 2.24. The third-order valence-electron chi connectivity index (χ3n) is 2.24. The van der Waals surface area contributed by atoms with E-state index in [1.54, 1.807) is 11.9 Å². The largest absolute Gasteiger partial charge is 0.350 e. The quantitative estimate of drug-likeness (QED) is 0.733. The van der Waals surface area contributed by atoms with E-state index in [-0.39, 0.29) is 36.5 Å². The molecular formula is C12H25N3O2. The molecule has 2 amide bonds. The molecule has 0 spiro atoms. The van der Waals surface area contributed by atoms with Crippen LogP contribution in [0.3, 0.4) is 0 Å². The molecule has 0 heterocycles. The summed E-state index contributed by atoms with van der Waals surface area (Å²) >= 11 is 0. The number of hydrogen-bond acceptors (Lipinski definition) is 3. The average molecular weight is 243 g/mol. The lowest BCUT2D eigenvalue weighted by atomic mass is 10.1. The summed E-state index contributed by atoms with van der Waals surface area (Å²) in [5, 5.41) is 5.66. The molecule has 0 rings (SSSR count). The standard InChI is InChI=1S/C12H25N3O2/c1-9(2)15(6)11(17)8-13-7-10(16)14-12(3,4)5/h9,13H,7-8H2,1-6H3,(H,14,16). The average Bonchev–Trinajstić information content (AvgIpc) is 2.13. The predicted octanol–water partition coefficient (Wildman–Crippen LogP) is 0.358. The number of nitrogens with one attached hydrogen (secondary N) is 2. The van der Waals surface area contributed by atoms with Crippen molar-refractivity contribution in [2.75, 3.05) is 20.1 Å². The Kier molecular flexibility index (Phi) is 6.16. The van der Waals surface area contributed by atoms with Crippen LogP contribution in [0.15, 0.2) is 0 Å². The van der Waals surface area contributed by atoms with Gasteiger partial charge in [-0.3, -0.25) is 14.9 Å². The first-order chi connectivity index (χ1) is 7.63. The Hall–Kier alpha value is -1.10. The monoisotopic (exact) mass is 243 g/mol. The summed E-state index contributed by atoms with van der Waals surface area (Å²) in [4.78, 5) is 24.7. The van der Waals surface area contributed by atoms with Gasteiger partial charge in [0.25, 0.3) is 0 Å². The predicted molar refractivity (Wildman–Crippen MR) is 68.7 cm³/mol. The highest BCUT2D eigenvalue weighted by atomic mass is 16.2. The molecule has 0 unspecified atom stereocenters. The van der Waals surface area contributed by atoms with Gasteiger partial charge in [-0.1, -0.05) is 0 Å². The lowest BCUT2D eigenvalue weighted by molar-refractivity contribution is -0.130. The van der Waals surface area contributed by atoms with Crippen LogP contribution in [0.25, 0.3) is 0 Å². The molecule has 0 aliphatic heterocycles. The Morgan fingerprint density at radius 3 is 2.12 bits per heavy atom. The number of carbonyl (C=O) groups is 2. The van der Waals surface area contributed by atoms with Crippen molar-refractivity contribution in [2.24, 2.45) is 0 Å². The molecule has 0 saturated heterocycles. The minimum atomic E-state index is -0.239. The fourth-order valence-electron chi connectivity index (χ4n) is 1.16. The van der Waals surface area contributed by atoms with Crippen LogP contribution in [-0.2, 0) is 9.59 Å². The molecule has 0 fully saturated rings. The molecule has 0 aliphatic rings. The summed E-state index contributed by atoms with van der Waals surface area (Å²) < 4.78 is 0. The highest BCUT2D eigenvalue weighted by Crippen LogP contribution is 1.97. The molecule has 0 radical (unpaired) electrons. The molecule has 0 aliphatic carbocycles. The molecule has 0 aromatic rings. The van der Waals surface area contributed by atoms with Crippen LogP contribution in [0.1, 0.15) is 34.6 Å². The van der Waals surface area contributed by atoms with Crippen molar-refractivity contribution < 1.29 is 9.59 Å². The highest BCUT2D eigenvalue weighted by molar-refractivity contribution is 5.81. The second-order valence-electron chi connectivity index (χ2n) is 5.50. The van der Waals surface area contributed by atoms with Gasteiger partial charge in [-0.15, -0.1) is 0 Å². The van der Waals surface area contributed by atoms with Gasteiger partial charge in [0.1, 0.15) is 0 Å². The molecule has 2 N–H and O–H groups in total. The number of carbonyl (C=O) groups excluding carboxylic acids is 2. The van der Waals surface area contributed by atoms with E-state index >= 15 is 0 Å². The Bertz CT molecular complexity index is 269. The first-order valence-electron chi connectivity index (χ1n) is 5.91. The molecule has 100 valence electrons. The van der Waals surface area contributed by atoms with Gasteiger partial charge in [-0.25, -0.2) is 0 Å². The lowest BCUT2D eigenvalue weighted by Crippen LogP contribution is -2.47. The molecule has 5 nitrogen and oxygen atoms in total. The van der Waals surface area contributed by atoms with E-state index in [4.69, 9.17) is 0 Å². The third kappa shape index (κ3) is 7.74. The Morgan fingerprint density at radius 2 is 1.71 bits per heavy atom. The van der Waals surface area contributed by atoms with Crippen molar-refractivity contribution in [1.29, 1.82) is 0 Å². The maximum absolute atomic E-state index is 11.6. The van der Waals surface area contributed by atoms with E-state index < -0.39 is 0 Å². The van der Waals surface area contributed by atoms with E-state index in [0.29, 0.717) is 0 Å². The van der Waals surface area contributed by atoms with Gasteiger partial charge >= 0.3 is 0 Å². The van der Waals surface area contributed by atoms with E-state index in [2.05, 4.69) is 10.6 Å². The van der Waals surface area contributed by atoms with Crippen molar-refractivity contribution in [3.05, 3.63) is 0 Å². The Balaban J connectivity index is 3.85. The fourth-order valence-corrected chi connectivity index (χ4v) is 1.16. The van der Waals surface area contributed by atoms with E-state index in [9.17, 15) is 9.59 Å². The van der Waals surface area contributed by atoms with Crippen LogP contribution in [0, 0.1) is 0 Å². The van der Waals surface area contributed by atoms with Crippen molar-refractivity contribution in [1.82, 2.24) is 15.5 Å². The minimum Gasteiger partial charge on any atom is -0.350 e. The Morgan fingerprint density at radius 1 is 1.18 bits per heavy atom. The van der Waals surface area contributed by atoms with Gasteiger partial charge in [0.15, 0.2) is 0 Å². The summed E-state index contributed by atoms with van der Waals surface area (Å²) in [7, 11) is 1.75. The maximum atomic E-state index is 11.6. The van der Waals surface area contributed by atoms with Crippen molar-refractivity contribution >= 4 is 11.8 Å². The van der Waals surface area contributed by atoms with Crippen LogP contribution in [0.2, 0.25) is 0 Å². The van der Waals surface area contributed by atoms with Crippen molar-refractivity contribution in [3.63, 3.8) is 0 Å². The number of hydrogen-bond donors (Lipinski definition) is 2. The molecule has 0 bridgehead atoms. The van der Waals surface area contributed by atoms with E-state index in [1.807, 2.05) is 34.6 Å². The van der Waals surface area contributed by atoms with Crippen LogP contribution in [0.5, 0.6) is 0 Å². The summed E-state index contributed by atoms with van der Waals surface area (Å²) in [5.41, 5.74) is -0.239. The molecule has 0 aromatic carbocycles. The summed E-state index contributed by atoms with van der Waals surface area (Å²) in [6.07, 6.45) is 0. The van der Waals surface area contributed by atoms with Crippen LogP contribution < -0.4 is 10.6 Å². The minimum absolute atomic E-state index is 0.0106. The van der Waals surface area contributed by atoms with Crippen molar-refractivity contribution in [3.8, 4) is 0 Å². The van der Waals surface area contributed by atoms with Gasteiger partial charge in [0.2, 0.25) is 11.8 Å². The van der Waals surface area contributed by atoms with Gasteiger partial charge in [0.05, 0.1) is 13.1 Å². The molecule has 0 atom stereocenters. The topological polar surface area (TPSA) is 61.4 Å². The first-order valence-corrected chi connectivity index (χ1v) is 5.91. The lowest BCUT2D eigenvalue weighted by Gasteiger charge is -2.22. The Labute approximate surface area is 104 Å². The molecule has 0 saturated carbocycles. The zero-order valence-electron chi connectivity index (χ0n) is 11.8. The molecule has 5 heteroatoms. The SMILES string of the molecule is CC(C)N(C)C(=O)CNCC(=O)NC(C)(C)C. The zero-order chi connectivity index (χ0) is 13.6. The number of likely N-dealkylation sites (N-methyl/N-ethyl adjacent to an activating group) is 1. The molecule has 0 aromatic heterocycles. The smallest absolute Gasteiger partial charge is 0.236 e. The maximum Gasteiger partial charge on any atom is 0.236 e. The normalized spacial score (nSPS) is 11.5. The second-order valence-corrected chi connectivity index (χ2v) is 5.50. The highest BCUT2D eigenvalue weighted by Gasteiger charge is 2.15. The fraction of sp³-hybridized carbons (Fsp3) is 0.833. The zero-order valence-corrected chi connectivity index (χ0v) is 11.8. The van der Waals surface area contributed by atoms with Gasteiger partial charge in [0, 0.05) is 18.6 Å². The summed E-state index contributed by atoms with van der Waals surface area (Å²) in [6, 6.07) is 0.174. The van der Waals surface area contributed by atoms with Gasteiger partial charge < -0.3 is 10.2 Å². The summed E-state index contributed by atoms with van der Waals surface area (Å²) in [5.74, 6) is -0.110. The second kappa shape index (κ2) is 6.59. The number of nitrogens with zero attached hydrogens (tertiary/aromatic N) is 1. The van der Waals surface area contributed by atoms with E-state index in [0.717, 1.165) is 0 Å². The molecular weight excluding hydrogens is 218 g/mol. The van der Waals surface area contributed by atoms with Crippen molar-refractivity contribution in [2.45, 2.75) is 46.2 Å². The van der Waals surface area contributed by atoms with Crippen LogP contribution >= 0.6 is 0 Å². The number of rotatable bonds is 5.